The molecule has 5 heteroatoms. The summed E-state index contributed by atoms with van der Waals surface area (Å²) in [7, 11) is 0. The molecule has 22 heavy (non-hydrogen) atoms. The zero-order valence-electron chi connectivity index (χ0n) is 13.4. The number of esters is 1. The molecule has 5 nitrogen and oxygen atoms in total. The van der Waals surface area contributed by atoms with E-state index in [1.54, 1.807) is 0 Å². The number of ketones is 1. The average Bonchev–Trinajstić information content (AvgIpc) is 2.83. The van der Waals surface area contributed by atoms with Crippen LogP contribution in [0.3, 0.4) is 0 Å². The molecule has 0 aromatic carbocycles. The first-order valence-electron chi connectivity index (χ1n) is 8.05. The first-order chi connectivity index (χ1) is 10.3. The van der Waals surface area contributed by atoms with Crippen LogP contribution in [0.25, 0.3) is 0 Å². The maximum atomic E-state index is 12.7. The molecule has 0 spiro atoms. The quantitative estimate of drug-likeness (QED) is 0.618. The summed E-state index contributed by atoms with van der Waals surface area (Å²) in [6.07, 6.45) is -0.555. The molecule has 1 saturated heterocycles. The van der Waals surface area contributed by atoms with Gasteiger partial charge in [0.25, 0.3) is 0 Å². The molecule has 2 saturated carbocycles. The fourth-order valence-corrected chi connectivity index (χ4v) is 4.92. The van der Waals surface area contributed by atoms with Crippen LogP contribution in [-0.4, -0.2) is 41.8 Å². The number of hydrogen-bond acceptors (Lipinski definition) is 5. The molecule has 1 N–H and O–H groups in total. The summed E-state index contributed by atoms with van der Waals surface area (Å²) in [5.74, 6) is -0.865. The lowest BCUT2D eigenvalue weighted by Gasteiger charge is -2.38. The van der Waals surface area contributed by atoms with Crippen LogP contribution in [-0.2, 0) is 19.1 Å². The Labute approximate surface area is 130 Å². The van der Waals surface area contributed by atoms with Crippen LogP contribution in [0.5, 0.6) is 0 Å². The Morgan fingerprint density at radius 3 is 2.77 bits per heavy atom. The highest BCUT2D eigenvalue weighted by Crippen LogP contribution is 2.56. The van der Waals surface area contributed by atoms with Crippen molar-refractivity contribution in [2.45, 2.75) is 51.9 Å². The topological polar surface area (TPSA) is 72.8 Å². The lowest BCUT2D eigenvalue weighted by molar-refractivity contribution is -0.140. The van der Waals surface area contributed by atoms with Crippen molar-refractivity contribution in [1.82, 2.24) is 0 Å². The first-order valence-corrected chi connectivity index (χ1v) is 8.05. The van der Waals surface area contributed by atoms with E-state index in [-0.39, 0.29) is 29.8 Å². The standard InChI is InChI=1S/C17H24O5/c1-5-21-11-7-12(18)17(4)14(11)8(2)6-10-13(15(17)19)9(3)16(20)22-10/h8,10-11,13-15,19H,3,5-7H2,1-2,4H3/t8-,10+,11-,13-,14-,15+,17-/m1/s1. The number of carbonyl (C=O) groups excluding carboxylic acids is 2. The van der Waals surface area contributed by atoms with Crippen molar-refractivity contribution in [3.63, 3.8) is 0 Å². The lowest BCUT2D eigenvalue weighted by atomic mass is 9.67. The molecular formula is C17H24O5. The predicted molar refractivity (Wildman–Crippen MR) is 78.9 cm³/mol. The van der Waals surface area contributed by atoms with Crippen LogP contribution >= 0.6 is 0 Å². The molecule has 0 amide bonds. The Morgan fingerprint density at radius 1 is 1.45 bits per heavy atom. The van der Waals surface area contributed by atoms with Crippen LogP contribution < -0.4 is 0 Å². The van der Waals surface area contributed by atoms with E-state index in [4.69, 9.17) is 9.47 Å². The first kappa shape index (κ1) is 15.7. The summed E-state index contributed by atoms with van der Waals surface area (Å²) in [5, 5.41) is 11.0. The number of ether oxygens (including phenoxy) is 2. The third-order valence-electron chi connectivity index (χ3n) is 5.96. The van der Waals surface area contributed by atoms with E-state index < -0.39 is 23.4 Å². The van der Waals surface area contributed by atoms with Crippen LogP contribution in [0.15, 0.2) is 12.2 Å². The summed E-state index contributed by atoms with van der Waals surface area (Å²) >= 11 is 0. The molecule has 0 bridgehead atoms. The van der Waals surface area contributed by atoms with Gasteiger partial charge in [-0.1, -0.05) is 13.5 Å². The van der Waals surface area contributed by atoms with Crippen molar-refractivity contribution < 1.29 is 24.2 Å². The van der Waals surface area contributed by atoms with Crippen molar-refractivity contribution in [3.05, 3.63) is 12.2 Å². The zero-order chi connectivity index (χ0) is 16.2. The van der Waals surface area contributed by atoms with Gasteiger partial charge in [0.2, 0.25) is 0 Å². The molecule has 0 aromatic rings. The Morgan fingerprint density at radius 2 is 2.14 bits per heavy atom. The van der Waals surface area contributed by atoms with Gasteiger partial charge in [-0.15, -0.1) is 0 Å². The number of aliphatic hydroxyl groups is 1. The largest absolute Gasteiger partial charge is 0.458 e. The Bertz CT molecular complexity index is 527. The maximum Gasteiger partial charge on any atom is 0.334 e. The van der Waals surface area contributed by atoms with Gasteiger partial charge >= 0.3 is 5.97 Å². The summed E-state index contributed by atoms with van der Waals surface area (Å²) in [6.45, 7) is 10.1. The van der Waals surface area contributed by atoms with Gasteiger partial charge in [-0.25, -0.2) is 4.79 Å². The Kier molecular flexibility index (Phi) is 3.68. The van der Waals surface area contributed by atoms with Gasteiger partial charge in [0.15, 0.2) is 0 Å². The number of rotatable bonds is 2. The van der Waals surface area contributed by atoms with Gasteiger partial charge < -0.3 is 14.6 Å². The summed E-state index contributed by atoms with van der Waals surface area (Å²) < 4.78 is 11.2. The summed E-state index contributed by atoms with van der Waals surface area (Å²) in [6, 6.07) is 0. The minimum absolute atomic E-state index is 0.0168. The molecule has 3 rings (SSSR count). The number of aliphatic hydroxyl groups excluding tert-OH is 1. The van der Waals surface area contributed by atoms with Gasteiger partial charge in [-0.2, -0.15) is 0 Å². The van der Waals surface area contributed by atoms with Crippen LogP contribution in [0.4, 0.5) is 0 Å². The molecule has 0 unspecified atom stereocenters. The second-order valence-corrected chi connectivity index (χ2v) is 7.08. The van der Waals surface area contributed by atoms with Crippen molar-refractivity contribution >= 4 is 11.8 Å². The summed E-state index contributed by atoms with van der Waals surface area (Å²) in [4.78, 5) is 24.5. The molecule has 122 valence electrons. The average molecular weight is 308 g/mol. The molecular weight excluding hydrogens is 284 g/mol. The fraction of sp³-hybridized carbons (Fsp3) is 0.765. The summed E-state index contributed by atoms with van der Waals surface area (Å²) in [5.41, 5.74) is -0.616. The minimum Gasteiger partial charge on any atom is -0.458 e. The highest BCUT2D eigenvalue weighted by molar-refractivity contribution is 5.93. The van der Waals surface area contributed by atoms with Crippen molar-refractivity contribution in [2.75, 3.05) is 6.61 Å². The van der Waals surface area contributed by atoms with E-state index in [1.807, 2.05) is 13.8 Å². The van der Waals surface area contributed by atoms with E-state index in [9.17, 15) is 14.7 Å². The smallest absolute Gasteiger partial charge is 0.334 e. The SMILES string of the molecule is C=C1C(=O)O[C@H]2C[C@@H](C)[C@@H]3[C@H](OCC)CC(=O)[C@@]3(C)[C@@H](O)[C@H]12. The lowest BCUT2D eigenvalue weighted by Crippen LogP contribution is -2.47. The van der Waals surface area contributed by atoms with Gasteiger partial charge in [0, 0.05) is 24.5 Å². The highest BCUT2D eigenvalue weighted by Gasteiger charge is 2.64. The second kappa shape index (κ2) is 5.17. The molecule has 1 aliphatic heterocycles. The zero-order valence-corrected chi connectivity index (χ0v) is 13.4. The number of fused-ring (bicyclic) bond motifs is 2. The van der Waals surface area contributed by atoms with E-state index in [0.29, 0.717) is 25.0 Å². The Hall–Kier alpha value is -1.20. The molecule has 1 heterocycles. The molecule has 0 radical (unpaired) electrons. The van der Waals surface area contributed by atoms with Crippen molar-refractivity contribution in [1.29, 1.82) is 0 Å². The van der Waals surface area contributed by atoms with Gasteiger partial charge in [0.1, 0.15) is 11.9 Å². The normalized spacial score (nSPS) is 47.9. The fourth-order valence-electron chi connectivity index (χ4n) is 4.92. The molecule has 3 fully saturated rings. The van der Waals surface area contributed by atoms with E-state index in [0.717, 1.165) is 0 Å². The maximum absolute atomic E-state index is 12.7. The van der Waals surface area contributed by atoms with Crippen LogP contribution in [0.2, 0.25) is 0 Å². The second-order valence-electron chi connectivity index (χ2n) is 7.08. The van der Waals surface area contributed by atoms with Crippen LogP contribution in [0.1, 0.15) is 33.6 Å². The molecule has 3 aliphatic rings. The Balaban J connectivity index is 2.04. The predicted octanol–water partition coefficient (Wildman–Crippen LogP) is 1.49. The number of carbonyl (C=O) groups is 2. The third kappa shape index (κ3) is 1.91. The molecule has 0 aromatic heterocycles. The van der Waals surface area contributed by atoms with Gasteiger partial charge in [0.05, 0.1) is 23.5 Å². The molecule has 2 aliphatic carbocycles. The van der Waals surface area contributed by atoms with E-state index >= 15 is 0 Å². The van der Waals surface area contributed by atoms with Crippen LogP contribution in [0, 0.1) is 23.2 Å². The minimum atomic E-state index is -0.954. The number of hydrogen-bond donors (Lipinski definition) is 1. The molecule has 7 atom stereocenters. The third-order valence-corrected chi connectivity index (χ3v) is 5.96. The van der Waals surface area contributed by atoms with Gasteiger partial charge in [-0.3, -0.25) is 4.79 Å². The monoisotopic (exact) mass is 308 g/mol. The van der Waals surface area contributed by atoms with Crippen molar-refractivity contribution in [3.8, 4) is 0 Å². The number of Topliss-reactive ketones (excluding diaryl/α,β-unsaturated/α-hetero) is 1. The highest BCUT2D eigenvalue weighted by atomic mass is 16.6. The van der Waals surface area contributed by atoms with E-state index in [2.05, 4.69) is 13.5 Å². The van der Waals surface area contributed by atoms with Gasteiger partial charge in [-0.05, 0) is 26.2 Å². The van der Waals surface area contributed by atoms with E-state index in [1.165, 1.54) is 0 Å². The van der Waals surface area contributed by atoms with Crippen molar-refractivity contribution in [2.24, 2.45) is 23.2 Å².